The van der Waals surface area contributed by atoms with Gasteiger partial charge in [0.05, 0.1) is 12.1 Å². The Labute approximate surface area is 109 Å². The van der Waals surface area contributed by atoms with E-state index >= 15 is 0 Å². The molecule has 3 heteroatoms. The van der Waals surface area contributed by atoms with Crippen LogP contribution in [-0.2, 0) is 4.79 Å². The molecular formula is C15H20N2O. The second-order valence-corrected chi connectivity index (χ2v) is 4.66. The maximum absolute atomic E-state index is 11.9. The van der Waals surface area contributed by atoms with E-state index in [2.05, 4.69) is 25.1 Å². The monoisotopic (exact) mass is 244 g/mol. The first-order valence-corrected chi connectivity index (χ1v) is 6.10. The van der Waals surface area contributed by atoms with Gasteiger partial charge in [0.1, 0.15) is 0 Å². The highest BCUT2D eigenvalue weighted by Crippen LogP contribution is 2.21. The molecule has 1 aromatic carbocycles. The van der Waals surface area contributed by atoms with Crippen molar-refractivity contribution in [3.63, 3.8) is 0 Å². The number of terminal acetylenes is 1. The molecule has 3 nitrogen and oxygen atoms in total. The minimum absolute atomic E-state index is 0.0393. The van der Waals surface area contributed by atoms with Crippen LogP contribution < -0.4 is 11.1 Å². The summed E-state index contributed by atoms with van der Waals surface area (Å²) < 4.78 is 0. The molecule has 2 atom stereocenters. The van der Waals surface area contributed by atoms with Crippen LogP contribution in [0.3, 0.4) is 0 Å². The van der Waals surface area contributed by atoms with Crippen LogP contribution in [0.4, 0.5) is 0 Å². The van der Waals surface area contributed by atoms with E-state index in [1.165, 1.54) is 0 Å². The Morgan fingerprint density at radius 1 is 1.39 bits per heavy atom. The van der Waals surface area contributed by atoms with Crippen LogP contribution in [0.5, 0.6) is 0 Å². The van der Waals surface area contributed by atoms with Gasteiger partial charge in [0.25, 0.3) is 0 Å². The summed E-state index contributed by atoms with van der Waals surface area (Å²) in [4.78, 5) is 11.9. The maximum atomic E-state index is 11.9. The lowest BCUT2D eigenvalue weighted by atomic mass is 9.95. The Hall–Kier alpha value is -1.79. The largest absolute Gasteiger partial charge is 0.348 e. The normalized spacial score (nSPS) is 13.7. The first kappa shape index (κ1) is 14.3. The molecule has 0 heterocycles. The van der Waals surface area contributed by atoms with Gasteiger partial charge in [-0.25, -0.2) is 0 Å². The van der Waals surface area contributed by atoms with E-state index in [4.69, 9.17) is 12.2 Å². The Balaban J connectivity index is 2.77. The molecular weight excluding hydrogens is 224 g/mol. The van der Waals surface area contributed by atoms with Gasteiger partial charge in [-0.15, -0.1) is 12.3 Å². The van der Waals surface area contributed by atoms with Crippen LogP contribution in [0.2, 0.25) is 0 Å². The standard InChI is InChI=1S/C15H20N2O/c1-4-8-13(16)15(18)17-14(11(2)3)12-9-6-5-7-10-12/h1,5-7,9-11,13-14H,8,16H2,2-3H3,(H,17,18). The lowest BCUT2D eigenvalue weighted by molar-refractivity contribution is -0.123. The predicted molar refractivity (Wildman–Crippen MR) is 73.6 cm³/mol. The van der Waals surface area contributed by atoms with Gasteiger partial charge in [-0.1, -0.05) is 44.2 Å². The van der Waals surface area contributed by atoms with Gasteiger partial charge >= 0.3 is 0 Å². The molecule has 1 aromatic rings. The zero-order chi connectivity index (χ0) is 13.5. The molecule has 0 aliphatic carbocycles. The molecule has 0 radical (unpaired) electrons. The molecule has 0 aromatic heterocycles. The molecule has 1 amide bonds. The number of carbonyl (C=O) groups excluding carboxylic acids is 1. The molecule has 1 rings (SSSR count). The minimum atomic E-state index is -0.639. The Bertz CT molecular complexity index is 420. The highest BCUT2D eigenvalue weighted by atomic mass is 16.2. The summed E-state index contributed by atoms with van der Waals surface area (Å²) in [5, 5.41) is 2.96. The summed E-state index contributed by atoms with van der Waals surface area (Å²) >= 11 is 0. The van der Waals surface area contributed by atoms with Gasteiger partial charge in [0.2, 0.25) is 5.91 Å². The summed E-state index contributed by atoms with van der Waals surface area (Å²) in [5.41, 5.74) is 6.78. The molecule has 0 fully saturated rings. The van der Waals surface area contributed by atoms with Crippen LogP contribution in [0.15, 0.2) is 30.3 Å². The second kappa shape index (κ2) is 6.83. The average Bonchev–Trinajstić information content (AvgIpc) is 2.36. The van der Waals surface area contributed by atoms with Crippen molar-refractivity contribution >= 4 is 5.91 Å². The van der Waals surface area contributed by atoms with Gasteiger partial charge in [-0.3, -0.25) is 4.79 Å². The van der Waals surface area contributed by atoms with Crippen LogP contribution in [0, 0.1) is 18.3 Å². The molecule has 96 valence electrons. The predicted octanol–water partition coefficient (Wildman–Crippen LogP) is 1.85. The van der Waals surface area contributed by atoms with Gasteiger partial charge in [-0.2, -0.15) is 0 Å². The smallest absolute Gasteiger partial charge is 0.238 e. The number of nitrogens with one attached hydrogen (secondary N) is 1. The highest BCUT2D eigenvalue weighted by molar-refractivity contribution is 5.82. The van der Waals surface area contributed by atoms with Gasteiger partial charge < -0.3 is 11.1 Å². The van der Waals surface area contributed by atoms with E-state index in [9.17, 15) is 4.79 Å². The van der Waals surface area contributed by atoms with Gasteiger partial charge in [-0.05, 0) is 11.5 Å². The topological polar surface area (TPSA) is 55.1 Å². The van der Waals surface area contributed by atoms with Gasteiger partial charge in [0.15, 0.2) is 0 Å². The number of hydrogen-bond donors (Lipinski definition) is 2. The lowest BCUT2D eigenvalue weighted by Gasteiger charge is -2.24. The number of benzene rings is 1. The average molecular weight is 244 g/mol. The molecule has 0 spiro atoms. The number of hydrogen-bond acceptors (Lipinski definition) is 2. The molecule has 0 bridgehead atoms. The first-order valence-electron chi connectivity index (χ1n) is 6.10. The zero-order valence-corrected chi connectivity index (χ0v) is 10.9. The second-order valence-electron chi connectivity index (χ2n) is 4.66. The molecule has 2 unspecified atom stereocenters. The lowest BCUT2D eigenvalue weighted by Crippen LogP contribution is -2.43. The van der Waals surface area contributed by atoms with Crippen molar-refractivity contribution in [3.8, 4) is 12.3 Å². The number of amides is 1. The summed E-state index contributed by atoms with van der Waals surface area (Å²) in [5.74, 6) is 2.49. The van der Waals surface area contributed by atoms with E-state index in [1.54, 1.807) is 0 Å². The molecule has 0 saturated heterocycles. The van der Waals surface area contributed by atoms with E-state index < -0.39 is 6.04 Å². The van der Waals surface area contributed by atoms with Crippen LogP contribution in [-0.4, -0.2) is 11.9 Å². The van der Waals surface area contributed by atoms with E-state index in [1.807, 2.05) is 30.3 Å². The Kier molecular flexibility index (Phi) is 5.41. The van der Waals surface area contributed by atoms with Crippen molar-refractivity contribution in [3.05, 3.63) is 35.9 Å². The molecule has 0 aliphatic heterocycles. The van der Waals surface area contributed by atoms with Crippen LogP contribution in [0.1, 0.15) is 31.9 Å². The third kappa shape index (κ3) is 3.90. The molecule has 18 heavy (non-hydrogen) atoms. The highest BCUT2D eigenvalue weighted by Gasteiger charge is 2.21. The number of nitrogens with two attached hydrogens (primary N) is 1. The van der Waals surface area contributed by atoms with E-state index in [0.717, 1.165) is 5.56 Å². The van der Waals surface area contributed by atoms with E-state index in [0.29, 0.717) is 0 Å². The fraction of sp³-hybridized carbons (Fsp3) is 0.400. The maximum Gasteiger partial charge on any atom is 0.238 e. The van der Waals surface area contributed by atoms with Crippen molar-refractivity contribution in [1.82, 2.24) is 5.32 Å². The fourth-order valence-corrected chi connectivity index (χ4v) is 1.78. The molecule has 0 aliphatic rings. The number of carbonyl (C=O) groups is 1. The van der Waals surface area contributed by atoms with Crippen molar-refractivity contribution in [1.29, 1.82) is 0 Å². The minimum Gasteiger partial charge on any atom is -0.348 e. The van der Waals surface area contributed by atoms with Crippen molar-refractivity contribution in [2.45, 2.75) is 32.4 Å². The van der Waals surface area contributed by atoms with Gasteiger partial charge in [0, 0.05) is 6.42 Å². The SMILES string of the molecule is C#CCC(N)C(=O)NC(c1ccccc1)C(C)C. The first-order chi connectivity index (χ1) is 8.56. The Morgan fingerprint density at radius 3 is 2.50 bits per heavy atom. The van der Waals surface area contributed by atoms with Crippen molar-refractivity contribution < 1.29 is 4.79 Å². The molecule has 0 saturated carbocycles. The third-order valence-corrected chi connectivity index (χ3v) is 2.80. The summed E-state index contributed by atoms with van der Waals surface area (Å²) in [6.45, 7) is 4.12. The zero-order valence-electron chi connectivity index (χ0n) is 10.9. The summed E-state index contributed by atoms with van der Waals surface area (Å²) in [6.07, 6.45) is 5.41. The van der Waals surface area contributed by atoms with Crippen molar-refractivity contribution in [2.75, 3.05) is 0 Å². The summed E-state index contributed by atoms with van der Waals surface area (Å²) in [7, 11) is 0. The van der Waals surface area contributed by atoms with Crippen LogP contribution >= 0.6 is 0 Å². The van der Waals surface area contributed by atoms with E-state index in [-0.39, 0.29) is 24.3 Å². The van der Waals surface area contributed by atoms with Crippen molar-refractivity contribution in [2.24, 2.45) is 11.7 Å². The molecule has 3 N–H and O–H groups in total. The number of rotatable bonds is 5. The summed E-state index contributed by atoms with van der Waals surface area (Å²) in [6, 6.07) is 9.18. The fourth-order valence-electron chi connectivity index (χ4n) is 1.78. The Morgan fingerprint density at radius 2 is 2.00 bits per heavy atom. The third-order valence-electron chi connectivity index (χ3n) is 2.80. The van der Waals surface area contributed by atoms with Crippen LogP contribution in [0.25, 0.3) is 0 Å². The quantitative estimate of drug-likeness (QED) is 0.777.